The standard InChI is InChI=1S/C7H8O/c8-6-2-1-3-7(6)4-5-7/h4-5H,1-3H2. The van der Waals surface area contributed by atoms with Crippen LogP contribution in [0, 0.1) is 5.41 Å². The van der Waals surface area contributed by atoms with E-state index < -0.39 is 0 Å². The molecule has 0 atom stereocenters. The summed E-state index contributed by atoms with van der Waals surface area (Å²) in [5.41, 5.74) is 0.0139. The van der Waals surface area contributed by atoms with Gasteiger partial charge in [-0.3, -0.25) is 4.79 Å². The minimum Gasteiger partial charge on any atom is -0.298 e. The van der Waals surface area contributed by atoms with E-state index in [1.165, 1.54) is 0 Å². The van der Waals surface area contributed by atoms with Crippen molar-refractivity contribution in [2.45, 2.75) is 19.3 Å². The van der Waals surface area contributed by atoms with E-state index in [4.69, 9.17) is 0 Å². The summed E-state index contributed by atoms with van der Waals surface area (Å²) in [4.78, 5) is 10.9. The Morgan fingerprint density at radius 1 is 1.50 bits per heavy atom. The lowest BCUT2D eigenvalue weighted by atomic mass is 10.0. The monoisotopic (exact) mass is 108 g/mol. The van der Waals surface area contributed by atoms with Crippen LogP contribution in [0.25, 0.3) is 0 Å². The predicted molar refractivity (Wildman–Crippen MR) is 30.4 cm³/mol. The highest BCUT2D eigenvalue weighted by molar-refractivity contribution is 5.94. The zero-order valence-electron chi connectivity index (χ0n) is 4.68. The molecular formula is C7H8O. The lowest BCUT2D eigenvalue weighted by Gasteiger charge is -1.98. The Morgan fingerprint density at radius 2 is 2.25 bits per heavy atom. The Morgan fingerprint density at radius 3 is 2.50 bits per heavy atom. The molecule has 2 rings (SSSR count). The van der Waals surface area contributed by atoms with E-state index in [9.17, 15) is 4.79 Å². The average Bonchev–Trinajstić information content (AvgIpc) is 2.39. The highest BCUT2D eigenvalue weighted by Gasteiger charge is 2.44. The van der Waals surface area contributed by atoms with Crippen LogP contribution >= 0.6 is 0 Å². The van der Waals surface area contributed by atoms with Crippen LogP contribution in [0.5, 0.6) is 0 Å². The number of hydrogen-bond acceptors (Lipinski definition) is 1. The van der Waals surface area contributed by atoms with Gasteiger partial charge in [-0.1, -0.05) is 12.2 Å². The van der Waals surface area contributed by atoms with Crippen LogP contribution in [0.15, 0.2) is 12.2 Å². The summed E-state index contributed by atoms with van der Waals surface area (Å²) in [6.45, 7) is 0. The molecule has 0 aromatic carbocycles. The van der Waals surface area contributed by atoms with Crippen molar-refractivity contribution < 1.29 is 4.79 Å². The predicted octanol–water partition coefficient (Wildman–Crippen LogP) is 1.30. The summed E-state index contributed by atoms with van der Waals surface area (Å²) in [5.74, 6) is 0.442. The van der Waals surface area contributed by atoms with Crippen LogP contribution in [0.4, 0.5) is 0 Å². The first-order valence-corrected chi connectivity index (χ1v) is 3.07. The number of ketones is 1. The van der Waals surface area contributed by atoms with Crippen LogP contribution in [-0.4, -0.2) is 5.78 Å². The lowest BCUT2D eigenvalue weighted by Crippen LogP contribution is -2.07. The molecule has 2 aliphatic carbocycles. The molecule has 2 aliphatic rings. The van der Waals surface area contributed by atoms with Gasteiger partial charge in [0.15, 0.2) is 0 Å². The van der Waals surface area contributed by atoms with Gasteiger partial charge in [-0.2, -0.15) is 0 Å². The molecule has 0 amide bonds. The Hall–Kier alpha value is -0.590. The normalized spacial score (nSPS) is 29.8. The van der Waals surface area contributed by atoms with Crippen molar-refractivity contribution in [2.24, 2.45) is 5.41 Å². The summed E-state index contributed by atoms with van der Waals surface area (Å²) >= 11 is 0. The first kappa shape index (κ1) is 4.30. The van der Waals surface area contributed by atoms with Gasteiger partial charge in [-0.05, 0) is 12.8 Å². The molecule has 1 saturated carbocycles. The number of Topliss-reactive ketones (excluding diaryl/α,β-unsaturated/α-hetero) is 1. The second kappa shape index (κ2) is 1.04. The molecule has 8 heavy (non-hydrogen) atoms. The van der Waals surface area contributed by atoms with Crippen molar-refractivity contribution in [3.8, 4) is 0 Å². The topological polar surface area (TPSA) is 17.1 Å². The van der Waals surface area contributed by atoms with Crippen LogP contribution in [-0.2, 0) is 4.79 Å². The molecule has 0 aromatic rings. The molecule has 0 heterocycles. The molecule has 0 bridgehead atoms. The van der Waals surface area contributed by atoms with Gasteiger partial charge in [0.1, 0.15) is 5.78 Å². The minimum absolute atomic E-state index is 0.0139. The molecular weight excluding hydrogens is 100 g/mol. The van der Waals surface area contributed by atoms with Crippen molar-refractivity contribution in [2.75, 3.05) is 0 Å². The van der Waals surface area contributed by atoms with E-state index in [2.05, 4.69) is 0 Å². The van der Waals surface area contributed by atoms with Gasteiger partial charge in [0.2, 0.25) is 0 Å². The second-order valence-corrected chi connectivity index (χ2v) is 2.65. The van der Waals surface area contributed by atoms with Crippen LogP contribution in [0.2, 0.25) is 0 Å². The molecule has 1 nitrogen and oxygen atoms in total. The largest absolute Gasteiger partial charge is 0.298 e. The maximum atomic E-state index is 10.9. The summed E-state index contributed by atoms with van der Waals surface area (Å²) in [5, 5.41) is 0. The molecule has 1 spiro atoms. The second-order valence-electron chi connectivity index (χ2n) is 2.65. The van der Waals surface area contributed by atoms with Gasteiger partial charge in [0, 0.05) is 6.42 Å². The molecule has 0 saturated heterocycles. The fourth-order valence-electron chi connectivity index (χ4n) is 1.37. The van der Waals surface area contributed by atoms with Gasteiger partial charge >= 0.3 is 0 Å². The highest BCUT2D eigenvalue weighted by Crippen LogP contribution is 2.46. The number of hydrogen-bond donors (Lipinski definition) is 0. The zero-order valence-corrected chi connectivity index (χ0v) is 4.68. The molecule has 0 unspecified atom stereocenters. The number of carbonyl (C=O) groups excluding carboxylic acids is 1. The van der Waals surface area contributed by atoms with Crippen molar-refractivity contribution in [1.82, 2.24) is 0 Å². The van der Waals surface area contributed by atoms with Crippen LogP contribution in [0.3, 0.4) is 0 Å². The fraction of sp³-hybridized carbons (Fsp3) is 0.571. The Labute approximate surface area is 48.4 Å². The average molecular weight is 108 g/mol. The third-order valence-corrected chi connectivity index (χ3v) is 2.08. The van der Waals surface area contributed by atoms with Crippen molar-refractivity contribution >= 4 is 5.78 Å². The molecule has 1 fully saturated rings. The van der Waals surface area contributed by atoms with Gasteiger partial charge in [-0.15, -0.1) is 0 Å². The van der Waals surface area contributed by atoms with Gasteiger partial charge in [-0.25, -0.2) is 0 Å². The van der Waals surface area contributed by atoms with Gasteiger partial charge < -0.3 is 0 Å². The van der Waals surface area contributed by atoms with Crippen LogP contribution < -0.4 is 0 Å². The van der Waals surface area contributed by atoms with Gasteiger partial charge in [0.05, 0.1) is 5.41 Å². The zero-order chi connectivity index (χ0) is 5.61. The summed E-state index contributed by atoms with van der Waals surface area (Å²) in [6, 6.07) is 0. The summed E-state index contributed by atoms with van der Waals surface area (Å²) < 4.78 is 0. The first-order valence-electron chi connectivity index (χ1n) is 3.07. The van der Waals surface area contributed by atoms with E-state index >= 15 is 0 Å². The molecule has 0 N–H and O–H groups in total. The van der Waals surface area contributed by atoms with Crippen molar-refractivity contribution in [3.05, 3.63) is 12.2 Å². The molecule has 1 heteroatoms. The third kappa shape index (κ3) is 0.347. The van der Waals surface area contributed by atoms with E-state index in [0.29, 0.717) is 5.78 Å². The smallest absolute Gasteiger partial charge is 0.146 e. The van der Waals surface area contributed by atoms with Gasteiger partial charge in [0.25, 0.3) is 0 Å². The van der Waals surface area contributed by atoms with Crippen molar-refractivity contribution in [3.63, 3.8) is 0 Å². The number of carbonyl (C=O) groups is 1. The highest BCUT2D eigenvalue weighted by atomic mass is 16.1. The van der Waals surface area contributed by atoms with E-state index in [-0.39, 0.29) is 5.41 Å². The Balaban J connectivity index is 2.25. The minimum atomic E-state index is 0.0139. The van der Waals surface area contributed by atoms with E-state index in [0.717, 1.165) is 19.3 Å². The maximum absolute atomic E-state index is 10.9. The first-order chi connectivity index (χ1) is 3.83. The SMILES string of the molecule is O=C1CCCC12C=C2. The number of rotatable bonds is 0. The molecule has 0 aliphatic heterocycles. The third-order valence-electron chi connectivity index (χ3n) is 2.08. The maximum Gasteiger partial charge on any atom is 0.146 e. The molecule has 42 valence electrons. The quantitative estimate of drug-likeness (QED) is 0.427. The number of allylic oxidation sites excluding steroid dienone is 2. The van der Waals surface area contributed by atoms with Crippen molar-refractivity contribution in [1.29, 1.82) is 0 Å². The Kier molecular flexibility index (Phi) is 0.561. The van der Waals surface area contributed by atoms with Crippen LogP contribution in [0.1, 0.15) is 19.3 Å². The molecule has 0 aromatic heterocycles. The summed E-state index contributed by atoms with van der Waals surface area (Å²) in [6.07, 6.45) is 7.06. The fourth-order valence-corrected chi connectivity index (χ4v) is 1.37. The summed E-state index contributed by atoms with van der Waals surface area (Å²) in [7, 11) is 0. The van der Waals surface area contributed by atoms with E-state index in [1.54, 1.807) is 0 Å². The Bertz CT molecular complexity index is 161. The molecule has 0 radical (unpaired) electrons. The van der Waals surface area contributed by atoms with E-state index in [1.807, 2.05) is 12.2 Å². The lowest BCUT2D eigenvalue weighted by molar-refractivity contribution is -0.120.